The van der Waals surface area contributed by atoms with Gasteiger partial charge in [0.2, 0.25) is 5.91 Å². The molecular weight excluding hydrogens is 284 g/mol. The van der Waals surface area contributed by atoms with Crippen LogP contribution in [-0.2, 0) is 14.9 Å². The summed E-state index contributed by atoms with van der Waals surface area (Å²) in [5, 5.41) is 5.23. The quantitative estimate of drug-likeness (QED) is 0.783. The molecule has 0 saturated carbocycles. The van der Waals surface area contributed by atoms with E-state index in [0.29, 0.717) is 13.2 Å². The first kappa shape index (κ1) is 16.5. The van der Waals surface area contributed by atoms with E-state index in [2.05, 4.69) is 30.6 Å². The highest BCUT2D eigenvalue weighted by molar-refractivity contribution is 7.10. The monoisotopic (exact) mass is 311 g/mol. The van der Waals surface area contributed by atoms with E-state index < -0.39 is 0 Å². The summed E-state index contributed by atoms with van der Waals surface area (Å²) in [5.74, 6) is 0.180. The molecule has 1 fully saturated rings. The minimum absolute atomic E-state index is 0.180. The second-order valence-corrected chi connectivity index (χ2v) is 6.58. The SMILES string of the molecule is CC[NH+](CC)CCNC(=O)C1(c2cccs2)CCOCC1. The van der Waals surface area contributed by atoms with Crippen molar-refractivity contribution in [1.82, 2.24) is 5.32 Å². The molecule has 2 heterocycles. The fourth-order valence-corrected chi connectivity index (χ4v) is 3.96. The minimum Gasteiger partial charge on any atom is -0.381 e. The van der Waals surface area contributed by atoms with Gasteiger partial charge in [0.05, 0.1) is 31.6 Å². The Morgan fingerprint density at radius 1 is 1.38 bits per heavy atom. The topological polar surface area (TPSA) is 42.8 Å². The fourth-order valence-electron chi connectivity index (χ4n) is 2.98. The van der Waals surface area contributed by atoms with Gasteiger partial charge >= 0.3 is 0 Å². The normalized spacial score (nSPS) is 17.9. The molecular formula is C16H27N2O2S+. The van der Waals surface area contributed by atoms with Crippen LogP contribution in [0.15, 0.2) is 17.5 Å². The fraction of sp³-hybridized carbons (Fsp3) is 0.688. The Balaban J connectivity index is 1.99. The molecule has 1 aliphatic rings. The van der Waals surface area contributed by atoms with E-state index in [1.54, 1.807) is 11.3 Å². The molecule has 0 bridgehead atoms. The van der Waals surface area contributed by atoms with Crippen molar-refractivity contribution < 1.29 is 14.4 Å². The maximum atomic E-state index is 12.8. The average molecular weight is 311 g/mol. The van der Waals surface area contributed by atoms with Crippen molar-refractivity contribution in [3.8, 4) is 0 Å². The van der Waals surface area contributed by atoms with Crippen LogP contribution in [0.5, 0.6) is 0 Å². The first-order valence-corrected chi connectivity index (χ1v) is 8.84. The van der Waals surface area contributed by atoms with Crippen LogP contribution in [0.25, 0.3) is 0 Å². The van der Waals surface area contributed by atoms with Crippen LogP contribution in [0.1, 0.15) is 31.6 Å². The van der Waals surface area contributed by atoms with E-state index in [9.17, 15) is 4.79 Å². The molecule has 0 radical (unpaired) electrons. The third-order valence-electron chi connectivity index (χ3n) is 4.54. The van der Waals surface area contributed by atoms with Crippen LogP contribution in [0.2, 0.25) is 0 Å². The summed E-state index contributed by atoms with van der Waals surface area (Å²) in [6.45, 7) is 9.68. The summed E-state index contributed by atoms with van der Waals surface area (Å²) in [6, 6.07) is 4.12. The number of thiophene rings is 1. The van der Waals surface area contributed by atoms with Gasteiger partial charge in [-0.25, -0.2) is 0 Å². The lowest BCUT2D eigenvalue weighted by atomic mass is 9.78. The number of amides is 1. The zero-order valence-electron chi connectivity index (χ0n) is 13.1. The molecule has 1 amide bonds. The average Bonchev–Trinajstić information content (AvgIpc) is 3.07. The van der Waals surface area contributed by atoms with E-state index in [-0.39, 0.29) is 11.3 Å². The number of ether oxygens (including phenoxy) is 1. The zero-order valence-corrected chi connectivity index (χ0v) is 13.9. The van der Waals surface area contributed by atoms with Gasteiger partial charge in [-0.3, -0.25) is 4.79 Å². The summed E-state index contributed by atoms with van der Waals surface area (Å²) in [7, 11) is 0. The highest BCUT2D eigenvalue weighted by Crippen LogP contribution is 2.37. The molecule has 1 saturated heterocycles. The van der Waals surface area contributed by atoms with E-state index >= 15 is 0 Å². The summed E-state index contributed by atoms with van der Waals surface area (Å²) in [6.07, 6.45) is 1.58. The first-order valence-electron chi connectivity index (χ1n) is 7.96. The zero-order chi connectivity index (χ0) is 15.1. The maximum absolute atomic E-state index is 12.8. The summed E-state index contributed by atoms with van der Waals surface area (Å²) in [4.78, 5) is 15.5. The van der Waals surface area contributed by atoms with Gasteiger partial charge in [0, 0.05) is 18.1 Å². The Hall–Kier alpha value is -0.910. The molecule has 1 aliphatic heterocycles. The smallest absolute Gasteiger partial charge is 0.231 e. The molecule has 5 heteroatoms. The standard InChI is InChI=1S/C16H26N2O2S/c1-3-18(4-2)10-9-17-15(19)16(7-11-20-12-8-16)14-6-5-13-21-14/h5-6,13H,3-4,7-12H2,1-2H3,(H,17,19)/p+1. The van der Waals surface area contributed by atoms with E-state index in [1.165, 1.54) is 9.78 Å². The molecule has 0 atom stereocenters. The van der Waals surface area contributed by atoms with Gasteiger partial charge in [-0.05, 0) is 38.1 Å². The van der Waals surface area contributed by atoms with Crippen molar-refractivity contribution in [2.45, 2.75) is 32.1 Å². The molecule has 21 heavy (non-hydrogen) atoms. The van der Waals surface area contributed by atoms with Crippen molar-refractivity contribution in [2.75, 3.05) is 39.4 Å². The lowest BCUT2D eigenvalue weighted by Gasteiger charge is -2.35. The lowest BCUT2D eigenvalue weighted by Crippen LogP contribution is -3.12. The van der Waals surface area contributed by atoms with Gasteiger partial charge in [0.1, 0.15) is 0 Å². The van der Waals surface area contributed by atoms with E-state index in [0.717, 1.165) is 39.0 Å². The van der Waals surface area contributed by atoms with Crippen molar-refractivity contribution in [3.05, 3.63) is 22.4 Å². The second-order valence-electron chi connectivity index (χ2n) is 5.63. The first-order chi connectivity index (χ1) is 10.2. The molecule has 118 valence electrons. The van der Waals surface area contributed by atoms with Gasteiger partial charge in [-0.15, -0.1) is 11.3 Å². The van der Waals surface area contributed by atoms with Crippen molar-refractivity contribution in [1.29, 1.82) is 0 Å². The van der Waals surface area contributed by atoms with Gasteiger partial charge in [0.15, 0.2) is 0 Å². The van der Waals surface area contributed by atoms with Gasteiger partial charge < -0.3 is 15.0 Å². The molecule has 1 aromatic rings. The second kappa shape index (κ2) is 7.92. The molecule has 0 spiro atoms. The third-order valence-corrected chi connectivity index (χ3v) is 5.61. The Morgan fingerprint density at radius 2 is 2.10 bits per heavy atom. The number of carbonyl (C=O) groups excluding carboxylic acids is 1. The Bertz CT molecular complexity index is 423. The molecule has 4 nitrogen and oxygen atoms in total. The van der Waals surface area contributed by atoms with Gasteiger partial charge in [0.25, 0.3) is 0 Å². The number of hydrogen-bond acceptors (Lipinski definition) is 3. The number of quaternary nitrogens is 1. The lowest BCUT2D eigenvalue weighted by molar-refractivity contribution is -0.895. The number of hydrogen-bond donors (Lipinski definition) is 2. The predicted molar refractivity (Wildman–Crippen MR) is 86.0 cm³/mol. The maximum Gasteiger partial charge on any atom is 0.231 e. The van der Waals surface area contributed by atoms with Crippen LogP contribution in [0.3, 0.4) is 0 Å². The largest absolute Gasteiger partial charge is 0.381 e. The number of rotatable bonds is 7. The van der Waals surface area contributed by atoms with Crippen LogP contribution >= 0.6 is 11.3 Å². The van der Waals surface area contributed by atoms with Crippen LogP contribution in [0, 0.1) is 0 Å². The Morgan fingerprint density at radius 3 is 2.67 bits per heavy atom. The highest BCUT2D eigenvalue weighted by atomic mass is 32.1. The third kappa shape index (κ3) is 3.84. The van der Waals surface area contributed by atoms with Gasteiger partial charge in [-0.2, -0.15) is 0 Å². The van der Waals surface area contributed by atoms with Crippen LogP contribution in [0.4, 0.5) is 0 Å². The molecule has 0 aliphatic carbocycles. The number of carbonyl (C=O) groups is 1. The van der Waals surface area contributed by atoms with Crippen LogP contribution in [-0.4, -0.2) is 45.3 Å². The summed E-state index contributed by atoms with van der Waals surface area (Å²) >= 11 is 1.68. The van der Waals surface area contributed by atoms with Crippen molar-refractivity contribution in [2.24, 2.45) is 0 Å². The molecule has 1 aromatic heterocycles. The summed E-state index contributed by atoms with van der Waals surface area (Å²) in [5.41, 5.74) is -0.370. The molecule has 0 aromatic carbocycles. The molecule has 2 N–H and O–H groups in total. The van der Waals surface area contributed by atoms with E-state index in [4.69, 9.17) is 4.74 Å². The Labute approximate surface area is 131 Å². The van der Waals surface area contributed by atoms with Crippen molar-refractivity contribution in [3.63, 3.8) is 0 Å². The molecule has 2 rings (SSSR count). The van der Waals surface area contributed by atoms with Crippen molar-refractivity contribution >= 4 is 17.2 Å². The highest BCUT2D eigenvalue weighted by Gasteiger charge is 2.42. The van der Waals surface area contributed by atoms with E-state index in [1.807, 2.05) is 6.07 Å². The predicted octanol–water partition coefficient (Wildman–Crippen LogP) is 0.837. The Kier molecular flexibility index (Phi) is 6.21. The minimum atomic E-state index is -0.370. The van der Waals surface area contributed by atoms with Gasteiger partial charge in [-0.1, -0.05) is 6.07 Å². The summed E-state index contributed by atoms with van der Waals surface area (Å²) < 4.78 is 5.47. The molecule has 0 unspecified atom stereocenters. The number of nitrogens with one attached hydrogen (secondary N) is 2. The number of likely N-dealkylation sites (N-methyl/N-ethyl adjacent to an activating group) is 1. The van der Waals surface area contributed by atoms with Crippen LogP contribution < -0.4 is 10.2 Å².